The highest BCUT2D eigenvalue weighted by atomic mass is 19.1. The van der Waals surface area contributed by atoms with Crippen molar-refractivity contribution in [3.05, 3.63) is 35.1 Å². The van der Waals surface area contributed by atoms with Crippen LogP contribution in [0.2, 0.25) is 0 Å². The normalized spacial score (nSPS) is 23.1. The molecule has 3 rings (SSSR count). The Hall–Kier alpha value is -0.930. The van der Waals surface area contributed by atoms with Gasteiger partial charge in [-0.25, -0.2) is 4.39 Å². The summed E-state index contributed by atoms with van der Waals surface area (Å²) >= 11 is 0. The fourth-order valence-corrected chi connectivity index (χ4v) is 3.41. The van der Waals surface area contributed by atoms with Crippen molar-refractivity contribution in [3.8, 4) is 0 Å². The molecule has 0 aromatic heterocycles. The Kier molecular flexibility index (Phi) is 3.59. The van der Waals surface area contributed by atoms with Crippen LogP contribution >= 0.6 is 0 Å². The van der Waals surface area contributed by atoms with Gasteiger partial charge in [0, 0.05) is 38.1 Å². The molecule has 1 saturated carbocycles. The fourth-order valence-electron chi connectivity index (χ4n) is 3.41. The summed E-state index contributed by atoms with van der Waals surface area (Å²) in [7, 11) is 0. The lowest BCUT2D eigenvalue weighted by Gasteiger charge is -2.46. The van der Waals surface area contributed by atoms with Gasteiger partial charge in [0.2, 0.25) is 0 Å². The number of nitrogens with one attached hydrogen (secondary N) is 1. The van der Waals surface area contributed by atoms with E-state index in [-0.39, 0.29) is 11.2 Å². The second kappa shape index (κ2) is 5.22. The minimum Gasteiger partial charge on any atom is -0.314 e. The molecule has 1 aromatic carbocycles. The van der Waals surface area contributed by atoms with E-state index in [1.807, 2.05) is 13.0 Å². The molecular formula is C16H23FN2. The first-order valence-electron chi connectivity index (χ1n) is 7.39. The van der Waals surface area contributed by atoms with Gasteiger partial charge in [-0.05, 0) is 37.0 Å². The summed E-state index contributed by atoms with van der Waals surface area (Å²) in [6.45, 7) is 7.48. The van der Waals surface area contributed by atoms with Crippen molar-refractivity contribution in [2.75, 3.05) is 32.7 Å². The molecule has 0 unspecified atom stereocenters. The molecule has 0 spiro atoms. The van der Waals surface area contributed by atoms with Gasteiger partial charge in [-0.15, -0.1) is 0 Å². The number of halogens is 1. The summed E-state index contributed by atoms with van der Waals surface area (Å²) in [5.41, 5.74) is 2.41. The Bertz CT molecular complexity index is 448. The molecule has 19 heavy (non-hydrogen) atoms. The zero-order valence-corrected chi connectivity index (χ0v) is 11.7. The molecule has 104 valence electrons. The van der Waals surface area contributed by atoms with Crippen LogP contribution in [0.1, 0.15) is 30.4 Å². The standard InChI is InChI=1S/C16H23FN2/c1-13-11-14(3-4-15(13)17)16(5-2-6-16)12-19-9-7-18-8-10-19/h3-4,11,18H,2,5-10,12H2,1H3. The largest absolute Gasteiger partial charge is 0.314 e. The summed E-state index contributed by atoms with van der Waals surface area (Å²) in [5, 5.41) is 3.40. The Morgan fingerprint density at radius 3 is 2.58 bits per heavy atom. The molecule has 1 saturated heterocycles. The molecule has 2 nitrogen and oxygen atoms in total. The number of rotatable bonds is 3. The lowest BCUT2D eigenvalue weighted by atomic mass is 9.64. The first-order valence-corrected chi connectivity index (χ1v) is 7.39. The number of hydrogen-bond donors (Lipinski definition) is 1. The van der Waals surface area contributed by atoms with Gasteiger partial charge in [0.05, 0.1) is 0 Å². The van der Waals surface area contributed by atoms with E-state index in [1.165, 1.54) is 24.8 Å². The fraction of sp³-hybridized carbons (Fsp3) is 0.625. The van der Waals surface area contributed by atoms with Crippen LogP contribution < -0.4 is 5.32 Å². The molecule has 1 N–H and O–H groups in total. The molecule has 2 fully saturated rings. The van der Waals surface area contributed by atoms with Crippen LogP contribution in [0.3, 0.4) is 0 Å². The molecular weight excluding hydrogens is 239 g/mol. The maximum Gasteiger partial charge on any atom is 0.126 e. The zero-order valence-electron chi connectivity index (χ0n) is 11.7. The van der Waals surface area contributed by atoms with Crippen molar-refractivity contribution in [2.45, 2.75) is 31.6 Å². The quantitative estimate of drug-likeness (QED) is 0.900. The molecule has 0 atom stereocenters. The molecule has 2 aliphatic rings. The Morgan fingerprint density at radius 1 is 1.26 bits per heavy atom. The Balaban J connectivity index is 1.79. The predicted octanol–water partition coefficient (Wildman–Crippen LogP) is 2.46. The molecule has 1 aromatic rings. The Morgan fingerprint density at radius 2 is 2.00 bits per heavy atom. The molecule has 1 aliphatic heterocycles. The van der Waals surface area contributed by atoms with E-state index < -0.39 is 0 Å². The number of benzene rings is 1. The van der Waals surface area contributed by atoms with Crippen LogP contribution in [-0.2, 0) is 5.41 Å². The predicted molar refractivity (Wildman–Crippen MR) is 76.0 cm³/mol. The van der Waals surface area contributed by atoms with E-state index in [0.717, 1.165) is 38.3 Å². The smallest absolute Gasteiger partial charge is 0.126 e. The maximum atomic E-state index is 13.4. The third-order valence-corrected chi connectivity index (χ3v) is 4.82. The third-order valence-electron chi connectivity index (χ3n) is 4.82. The van der Waals surface area contributed by atoms with Gasteiger partial charge in [-0.2, -0.15) is 0 Å². The van der Waals surface area contributed by atoms with Crippen LogP contribution in [0.4, 0.5) is 4.39 Å². The third kappa shape index (κ3) is 2.54. The summed E-state index contributed by atoms with van der Waals surface area (Å²) in [6.07, 6.45) is 3.81. The summed E-state index contributed by atoms with van der Waals surface area (Å²) in [6, 6.07) is 5.71. The Labute approximate surface area is 115 Å². The first-order chi connectivity index (χ1) is 9.20. The monoisotopic (exact) mass is 262 g/mol. The van der Waals surface area contributed by atoms with Crippen LogP contribution in [0.5, 0.6) is 0 Å². The van der Waals surface area contributed by atoms with Crippen molar-refractivity contribution in [1.82, 2.24) is 10.2 Å². The lowest BCUT2D eigenvalue weighted by Crippen LogP contribution is -2.51. The molecule has 0 bridgehead atoms. The topological polar surface area (TPSA) is 15.3 Å². The number of aryl methyl sites for hydroxylation is 1. The van der Waals surface area contributed by atoms with Gasteiger partial charge in [0.25, 0.3) is 0 Å². The van der Waals surface area contributed by atoms with E-state index in [2.05, 4.69) is 16.3 Å². The molecule has 0 amide bonds. The highest BCUT2D eigenvalue weighted by Gasteiger charge is 2.40. The van der Waals surface area contributed by atoms with Gasteiger partial charge in [0.1, 0.15) is 5.82 Å². The number of nitrogens with zero attached hydrogens (tertiary/aromatic N) is 1. The zero-order chi connectivity index (χ0) is 13.3. The van der Waals surface area contributed by atoms with Gasteiger partial charge in [0.15, 0.2) is 0 Å². The first kappa shape index (κ1) is 13.1. The molecule has 0 radical (unpaired) electrons. The van der Waals surface area contributed by atoms with Gasteiger partial charge in [-0.3, -0.25) is 4.90 Å². The molecule has 1 heterocycles. The average Bonchev–Trinajstić information content (AvgIpc) is 2.38. The minimum absolute atomic E-state index is 0.0830. The number of hydrogen-bond acceptors (Lipinski definition) is 2. The van der Waals surface area contributed by atoms with Gasteiger partial charge < -0.3 is 5.32 Å². The van der Waals surface area contributed by atoms with E-state index >= 15 is 0 Å². The van der Waals surface area contributed by atoms with E-state index in [0.29, 0.717) is 0 Å². The highest BCUT2D eigenvalue weighted by Crippen LogP contribution is 2.44. The lowest BCUT2D eigenvalue weighted by molar-refractivity contribution is 0.128. The summed E-state index contributed by atoms with van der Waals surface area (Å²) in [4.78, 5) is 2.56. The van der Waals surface area contributed by atoms with E-state index in [1.54, 1.807) is 6.07 Å². The maximum absolute atomic E-state index is 13.4. The van der Waals surface area contributed by atoms with Crippen molar-refractivity contribution >= 4 is 0 Å². The van der Waals surface area contributed by atoms with Crippen LogP contribution in [0.15, 0.2) is 18.2 Å². The average molecular weight is 262 g/mol. The van der Waals surface area contributed by atoms with E-state index in [9.17, 15) is 4.39 Å². The van der Waals surface area contributed by atoms with Crippen molar-refractivity contribution in [1.29, 1.82) is 0 Å². The van der Waals surface area contributed by atoms with Crippen LogP contribution in [0, 0.1) is 12.7 Å². The number of piperazine rings is 1. The SMILES string of the molecule is Cc1cc(C2(CN3CCNCC3)CCC2)ccc1F. The minimum atomic E-state index is -0.0830. The van der Waals surface area contributed by atoms with Crippen LogP contribution in [-0.4, -0.2) is 37.6 Å². The molecule has 1 aliphatic carbocycles. The second-order valence-electron chi connectivity index (χ2n) is 6.12. The van der Waals surface area contributed by atoms with Gasteiger partial charge >= 0.3 is 0 Å². The highest BCUT2D eigenvalue weighted by molar-refractivity contribution is 5.33. The summed E-state index contributed by atoms with van der Waals surface area (Å²) in [5.74, 6) is -0.0830. The van der Waals surface area contributed by atoms with Gasteiger partial charge in [-0.1, -0.05) is 18.6 Å². The van der Waals surface area contributed by atoms with E-state index in [4.69, 9.17) is 0 Å². The van der Waals surface area contributed by atoms with Crippen molar-refractivity contribution in [2.24, 2.45) is 0 Å². The summed E-state index contributed by atoms with van der Waals surface area (Å²) < 4.78 is 13.4. The van der Waals surface area contributed by atoms with Crippen LogP contribution in [0.25, 0.3) is 0 Å². The van der Waals surface area contributed by atoms with Crippen molar-refractivity contribution < 1.29 is 4.39 Å². The molecule has 3 heteroatoms. The van der Waals surface area contributed by atoms with Crippen molar-refractivity contribution in [3.63, 3.8) is 0 Å². The second-order valence-corrected chi connectivity index (χ2v) is 6.12.